The summed E-state index contributed by atoms with van der Waals surface area (Å²) in [6.07, 6.45) is 0.627. The minimum absolute atomic E-state index is 0.0599. The lowest BCUT2D eigenvalue weighted by atomic mass is 10.1. The first-order valence-electron chi connectivity index (χ1n) is 8.71. The molecule has 2 aromatic rings. The molecule has 6 nitrogen and oxygen atoms in total. The van der Waals surface area contributed by atoms with Crippen LogP contribution in [0.1, 0.15) is 27.9 Å². The summed E-state index contributed by atoms with van der Waals surface area (Å²) in [5, 5.41) is 2.93. The molecule has 0 unspecified atom stereocenters. The number of hydrogen-bond acceptors (Lipinski definition) is 4. The fraction of sp³-hybridized carbons (Fsp3) is 0.316. The third kappa shape index (κ3) is 4.74. The van der Waals surface area contributed by atoms with E-state index in [4.69, 9.17) is 11.6 Å². The molecule has 150 valence electrons. The maximum absolute atomic E-state index is 12.7. The third-order valence-corrected chi connectivity index (χ3v) is 7.84. The molecule has 1 aliphatic rings. The van der Waals surface area contributed by atoms with Gasteiger partial charge in [-0.05, 0) is 61.7 Å². The molecule has 0 aromatic heterocycles. The van der Waals surface area contributed by atoms with E-state index in [1.165, 1.54) is 18.2 Å². The maximum atomic E-state index is 12.7. The summed E-state index contributed by atoms with van der Waals surface area (Å²) in [4.78, 5) is 12.5. The number of rotatable bonds is 5. The summed E-state index contributed by atoms with van der Waals surface area (Å²) in [5.74, 6) is 0.472. The van der Waals surface area contributed by atoms with E-state index in [9.17, 15) is 17.4 Å². The van der Waals surface area contributed by atoms with Crippen molar-refractivity contribution in [2.24, 2.45) is 0 Å². The number of hydrogen-bond donors (Lipinski definition) is 2. The van der Waals surface area contributed by atoms with Gasteiger partial charge in [0.2, 0.25) is 0 Å². The van der Waals surface area contributed by atoms with Gasteiger partial charge in [0.25, 0.3) is 15.9 Å². The molecule has 28 heavy (non-hydrogen) atoms. The van der Waals surface area contributed by atoms with E-state index in [0.717, 1.165) is 11.1 Å². The Kier molecular flexibility index (Phi) is 6.12. The Hall–Kier alpha value is -1.90. The summed E-state index contributed by atoms with van der Waals surface area (Å²) in [5.41, 5.74) is 2.53. The molecule has 0 aliphatic carbocycles. The first-order chi connectivity index (χ1) is 13.2. The van der Waals surface area contributed by atoms with Crippen molar-refractivity contribution in [1.82, 2.24) is 5.32 Å². The lowest BCUT2D eigenvalue weighted by Crippen LogP contribution is -2.35. The average molecular weight is 441 g/mol. The minimum atomic E-state index is -3.89. The van der Waals surface area contributed by atoms with Crippen molar-refractivity contribution < 1.29 is 17.4 Å². The van der Waals surface area contributed by atoms with E-state index >= 15 is 0 Å². The highest BCUT2D eigenvalue weighted by Gasteiger charge is 2.25. The van der Waals surface area contributed by atoms with Gasteiger partial charge in [-0.2, -0.15) is 0 Å². The first-order valence-corrected chi connectivity index (χ1v) is 12.1. The number of carbonyl (C=O) groups excluding carboxylic acids is 1. The molecular weight excluding hydrogens is 420 g/mol. The number of anilines is 1. The zero-order valence-corrected chi connectivity index (χ0v) is 17.9. The molecule has 0 spiro atoms. The van der Waals surface area contributed by atoms with Gasteiger partial charge >= 0.3 is 0 Å². The maximum Gasteiger partial charge on any atom is 0.261 e. The van der Waals surface area contributed by atoms with Gasteiger partial charge in [0, 0.05) is 34.0 Å². The van der Waals surface area contributed by atoms with Crippen molar-refractivity contribution in [2.45, 2.75) is 31.2 Å². The van der Waals surface area contributed by atoms with E-state index in [2.05, 4.69) is 10.0 Å². The van der Waals surface area contributed by atoms with E-state index in [1.54, 1.807) is 12.1 Å². The van der Waals surface area contributed by atoms with E-state index in [-0.39, 0.29) is 21.5 Å². The van der Waals surface area contributed by atoms with Crippen molar-refractivity contribution in [1.29, 1.82) is 0 Å². The van der Waals surface area contributed by atoms with Crippen LogP contribution in [0, 0.1) is 13.8 Å². The van der Waals surface area contributed by atoms with Gasteiger partial charge in [-0.1, -0.05) is 17.7 Å². The van der Waals surface area contributed by atoms with Crippen molar-refractivity contribution >= 4 is 44.0 Å². The quantitative estimate of drug-likeness (QED) is 0.747. The molecular formula is C19H21ClN2O4S2. The van der Waals surface area contributed by atoms with Crippen LogP contribution in [-0.4, -0.2) is 36.1 Å². The molecule has 0 radical (unpaired) electrons. The normalized spacial score (nSPS) is 19.4. The van der Waals surface area contributed by atoms with E-state index in [0.29, 0.717) is 23.6 Å². The summed E-state index contributed by atoms with van der Waals surface area (Å²) < 4.78 is 39.5. The summed E-state index contributed by atoms with van der Waals surface area (Å²) in [6.45, 7) is 3.84. The van der Waals surface area contributed by atoms with Crippen LogP contribution in [-0.2, 0) is 20.8 Å². The number of carbonyl (C=O) groups is 1. The molecule has 2 atom stereocenters. The number of sulfonamides is 1. The molecule has 0 saturated carbocycles. The second-order valence-electron chi connectivity index (χ2n) is 6.82. The molecule has 1 aliphatic heterocycles. The average Bonchev–Trinajstić information content (AvgIpc) is 3.02. The Labute approximate surface area is 172 Å². The molecule has 0 bridgehead atoms. The SMILES string of the molecule is Cc1ccc(NS(=O)(=O)c2ccc(Cl)c(C(=O)N[C@H]3CC[S@@](=O)C3)c2)cc1C. The third-order valence-electron chi connectivity index (χ3n) is 4.67. The van der Waals surface area contributed by atoms with Gasteiger partial charge in [0.1, 0.15) is 0 Å². The number of halogens is 1. The van der Waals surface area contributed by atoms with Gasteiger partial charge in [0.15, 0.2) is 0 Å². The van der Waals surface area contributed by atoms with Crippen LogP contribution in [0.2, 0.25) is 5.02 Å². The molecule has 1 heterocycles. The lowest BCUT2D eigenvalue weighted by Gasteiger charge is -2.14. The van der Waals surface area contributed by atoms with Gasteiger partial charge in [-0.3, -0.25) is 13.7 Å². The molecule has 2 N–H and O–H groups in total. The zero-order valence-electron chi connectivity index (χ0n) is 15.5. The molecule has 1 amide bonds. The van der Waals surface area contributed by atoms with Crippen LogP contribution in [0.3, 0.4) is 0 Å². The minimum Gasteiger partial charge on any atom is -0.348 e. The molecule has 2 aromatic carbocycles. The zero-order chi connectivity index (χ0) is 20.5. The standard InChI is InChI=1S/C19H21ClN2O4S2/c1-12-3-4-14(9-13(12)2)22-28(25,26)16-5-6-18(20)17(10-16)19(23)21-15-7-8-27(24)11-15/h3-6,9-10,15,22H,7-8,11H2,1-2H3,(H,21,23)/t15-,27+/m0/s1. The molecule has 3 rings (SSSR count). The second-order valence-corrected chi connectivity index (χ2v) is 10.5. The van der Waals surface area contributed by atoms with Crippen molar-refractivity contribution in [2.75, 3.05) is 16.2 Å². The van der Waals surface area contributed by atoms with E-state index < -0.39 is 26.7 Å². The highest BCUT2D eigenvalue weighted by molar-refractivity contribution is 7.92. The fourth-order valence-electron chi connectivity index (χ4n) is 2.91. The summed E-state index contributed by atoms with van der Waals surface area (Å²) in [7, 11) is -4.82. The molecule has 1 fully saturated rings. The number of benzene rings is 2. The van der Waals surface area contributed by atoms with Crippen molar-refractivity contribution in [3.8, 4) is 0 Å². The Morgan fingerprint density at radius 2 is 1.89 bits per heavy atom. The second kappa shape index (κ2) is 8.23. The largest absolute Gasteiger partial charge is 0.348 e. The van der Waals surface area contributed by atoms with Crippen molar-refractivity contribution in [3.63, 3.8) is 0 Å². The predicted octanol–water partition coefficient (Wildman–Crippen LogP) is 3.01. The number of nitrogens with one attached hydrogen (secondary N) is 2. The lowest BCUT2D eigenvalue weighted by molar-refractivity contribution is 0.0941. The molecule has 9 heteroatoms. The van der Waals surface area contributed by atoms with Gasteiger partial charge in [0.05, 0.1) is 15.5 Å². The topological polar surface area (TPSA) is 92.3 Å². The number of aryl methyl sites for hydroxylation is 2. The Balaban J connectivity index is 1.83. The van der Waals surface area contributed by atoms with Crippen LogP contribution in [0.15, 0.2) is 41.3 Å². The van der Waals surface area contributed by atoms with E-state index in [1.807, 2.05) is 19.9 Å². The Morgan fingerprint density at radius 3 is 2.54 bits per heavy atom. The molecule has 1 saturated heterocycles. The van der Waals surface area contributed by atoms with Crippen LogP contribution in [0.4, 0.5) is 5.69 Å². The van der Waals surface area contributed by atoms with Gasteiger partial charge < -0.3 is 5.32 Å². The van der Waals surface area contributed by atoms with Gasteiger partial charge in [-0.15, -0.1) is 0 Å². The monoisotopic (exact) mass is 440 g/mol. The van der Waals surface area contributed by atoms with Crippen molar-refractivity contribution in [3.05, 3.63) is 58.1 Å². The van der Waals surface area contributed by atoms with Crippen LogP contribution >= 0.6 is 11.6 Å². The highest BCUT2D eigenvalue weighted by atomic mass is 35.5. The Morgan fingerprint density at radius 1 is 1.14 bits per heavy atom. The predicted molar refractivity (Wildman–Crippen MR) is 112 cm³/mol. The summed E-state index contributed by atoms with van der Waals surface area (Å²) in [6, 6.07) is 9.07. The fourth-order valence-corrected chi connectivity index (χ4v) is 5.60. The Bertz CT molecular complexity index is 1050. The summed E-state index contributed by atoms with van der Waals surface area (Å²) >= 11 is 6.12. The van der Waals surface area contributed by atoms with Crippen LogP contribution < -0.4 is 10.0 Å². The van der Waals surface area contributed by atoms with Gasteiger partial charge in [-0.25, -0.2) is 8.42 Å². The van der Waals surface area contributed by atoms with Crippen LogP contribution in [0.25, 0.3) is 0 Å². The first kappa shape index (κ1) is 20.8. The van der Waals surface area contributed by atoms with Crippen LogP contribution in [0.5, 0.6) is 0 Å². The number of amides is 1. The smallest absolute Gasteiger partial charge is 0.261 e. The highest BCUT2D eigenvalue weighted by Crippen LogP contribution is 2.24.